The monoisotopic (exact) mass is 558 g/mol. The number of fused-ring (bicyclic) bond motifs is 3. The van der Waals surface area contributed by atoms with Crippen LogP contribution in [0.3, 0.4) is 0 Å². The molecule has 1 aromatic carbocycles. The number of alkyl halides is 3. The molecule has 4 heterocycles. The van der Waals surface area contributed by atoms with Gasteiger partial charge in [-0.2, -0.15) is 13.2 Å². The fourth-order valence-corrected chi connectivity index (χ4v) is 7.18. The number of anilines is 1. The molecule has 0 atom stereocenters. The van der Waals surface area contributed by atoms with Crippen LogP contribution in [-0.4, -0.2) is 57.1 Å². The number of ether oxygens (including phenoxy) is 1. The van der Waals surface area contributed by atoms with Crippen molar-refractivity contribution >= 4 is 17.4 Å². The summed E-state index contributed by atoms with van der Waals surface area (Å²) < 4.78 is 47.2. The van der Waals surface area contributed by atoms with Gasteiger partial charge >= 0.3 is 6.18 Å². The molecule has 2 saturated carbocycles. The van der Waals surface area contributed by atoms with Crippen LogP contribution >= 0.6 is 11.6 Å². The minimum Gasteiger partial charge on any atom is -0.493 e. The van der Waals surface area contributed by atoms with Gasteiger partial charge in [-0.15, -0.1) is 10.2 Å². The summed E-state index contributed by atoms with van der Waals surface area (Å²) in [4.78, 5) is 9.11. The summed E-state index contributed by atoms with van der Waals surface area (Å²) in [6.07, 6.45) is -1.85. The lowest BCUT2D eigenvalue weighted by Gasteiger charge is -2.59. The van der Waals surface area contributed by atoms with Gasteiger partial charge in [-0.1, -0.05) is 11.6 Å². The smallest absolute Gasteiger partial charge is 0.391 e. The van der Waals surface area contributed by atoms with Gasteiger partial charge in [-0.25, -0.2) is 4.98 Å². The van der Waals surface area contributed by atoms with Crippen LogP contribution in [0.5, 0.6) is 5.75 Å². The molecule has 0 N–H and O–H groups in total. The lowest BCUT2D eigenvalue weighted by molar-refractivity contribution is -0.207. The highest BCUT2D eigenvalue weighted by molar-refractivity contribution is 6.30. The predicted octanol–water partition coefficient (Wildman–Crippen LogP) is 5.67. The van der Waals surface area contributed by atoms with Crippen LogP contribution in [0, 0.1) is 18.3 Å². The van der Waals surface area contributed by atoms with Crippen molar-refractivity contribution in [3.8, 4) is 11.4 Å². The zero-order chi connectivity index (χ0) is 27.1. The van der Waals surface area contributed by atoms with E-state index in [1.807, 2.05) is 37.3 Å². The van der Waals surface area contributed by atoms with E-state index in [4.69, 9.17) is 21.3 Å². The Morgan fingerprint density at radius 3 is 2.54 bits per heavy atom. The summed E-state index contributed by atoms with van der Waals surface area (Å²) in [6, 6.07) is 9.58. The fourth-order valence-electron chi connectivity index (χ4n) is 6.98. The van der Waals surface area contributed by atoms with Crippen molar-refractivity contribution in [3.05, 3.63) is 58.3 Å². The van der Waals surface area contributed by atoms with Gasteiger partial charge in [-0.3, -0.25) is 9.47 Å². The number of rotatable bonds is 4. The number of aromatic nitrogens is 4. The van der Waals surface area contributed by atoms with E-state index in [0.717, 1.165) is 66.1 Å². The number of hydrogen-bond donors (Lipinski definition) is 0. The third-order valence-electron chi connectivity index (χ3n) is 9.12. The average molecular weight is 559 g/mol. The first-order chi connectivity index (χ1) is 18.6. The summed E-state index contributed by atoms with van der Waals surface area (Å²) in [5, 5.41) is 9.82. The molecule has 0 radical (unpaired) electrons. The van der Waals surface area contributed by atoms with Crippen LogP contribution in [0.1, 0.15) is 54.5 Å². The Bertz CT molecular complexity index is 1420. The summed E-state index contributed by atoms with van der Waals surface area (Å²) in [5.74, 6) is 2.47. The molecule has 4 aliphatic rings. The Morgan fingerprint density at radius 1 is 1.05 bits per heavy atom. The summed E-state index contributed by atoms with van der Waals surface area (Å²) in [5.41, 5.74) is 3.17. The highest BCUT2D eigenvalue weighted by Gasteiger charge is 2.55. The minimum atomic E-state index is -4.13. The molecular weight excluding hydrogens is 529 g/mol. The standard InChI is InChI=1S/C28H30ClF3N6O/c1-16-3-6-23(39-2)26(33-16)37-14-27(15-37)10-18(11-27)25-35-34-24-13-36(21-8-19(9-21)28(30,31)32)12-17-7-20(29)4-5-22(17)38(24)25/h3-7,18-19,21H,8-15H2,1-2H3. The van der Waals surface area contributed by atoms with Gasteiger partial charge in [0.1, 0.15) is 5.82 Å². The third kappa shape index (κ3) is 4.18. The van der Waals surface area contributed by atoms with E-state index < -0.39 is 12.1 Å². The van der Waals surface area contributed by atoms with Crippen LogP contribution in [0.15, 0.2) is 30.3 Å². The van der Waals surface area contributed by atoms with Crippen molar-refractivity contribution in [2.75, 3.05) is 25.1 Å². The predicted molar refractivity (Wildman–Crippen MR) is 140 cm³/mol. The molecule has 39 heavy (non-hydrogen) atoms. The summed E-state index contributed by atoms with van der Waals surface area (Å²) in [7, 11) is 1.67. The van der Waals surface area contributed by atoms with Crippen LogP contribution in [0.4, 0.5) is 19.0 Å². The molecule has 2 aliphatic carbocycles. The SMILES string of the molecule is COc1ccc(C)nc1N1CC2(CC(c3nnc4n3-c3ccc(Cl)cc3CN(C3CC(C(F)(F)F)C3)C4)C2)C1. The topological polar surface area (TPSA) is 59.3 Å². The number of hydrogen-bond acceptors (Lipinski definition) is 6. The lowest BCUT2D eigenvalue weighted by atomic mass is 9.57. The Morgan fingerprint density at radius 2 is 1.82 bits per heavy atom. The second-order valence-electron chi connectivity index (χ2n) is 11.8. The van der Waals surface area contributed by atoms with E-state index in [9.17, 15) is 13.2 Å². The van der Waals surface area contributed by atoms with Gasteiger partial charge in [0, 0.05) is 47.7 Å². The number of halogens is 4. The first kappa shape index (κ1) is 25.1. The van der Waals surface area contributed by atoms with Crippen molar-refractivity contribution in [1.82, 2.24) is 24.6 Å². The van der Waals surface area contributed by atoms with Crippen LogP contribution in [0.25, 0.3) is 5.69 Å². The molecule has 2 aromatic heterocycles. The van der Waals surface area contributed by atoms with Crippen molar-refractivity contribution in [1.29, 1.82) is 0 Å². The third-order valence-corrected chi connectivity index (χ3v) is 9.36. The zero-order valence-electron chi connectivity index (χ0n) is 21.9. The second-order valence-corrected chi connectivity index (χ2v) is 12.2. The van der Waals surface area contributed by atoms with E-state index in [1.165, 1.54) is 0 Å². The Balaban J connectivity index is 1.11. The number of pyridine rings is 1. The Hall–Kier alpha value is -2.85. The molecule has 11 heteroatoms. The first-order valence-corrected chi connectivity index (χ1v) is 13.8. The van der Waals surface area contributed by atoms with Crippen LogP contribution in [0.2, 0.25) is 5.02 Å². The maximum absolute atomic E-state index is 13.2. The van der Waals surface area contributed by atoms with Gasteiger partial charge < -0.3 is 9.64 Å². The van der Waals surface area contributed by atoms with Crippen molar-refractivity contribution in [2.24, 2.45) is 11.3 Å². The maximum atomic E-state index is 13.2. The summed E-state index contributed by atoms with van der Waals surface area (Å²) >= 11 is 6.36. The molecule has 0 bridgehead atoms. The van der Waals surface area contributed by atoms with Gasteiger partial charge in [-0.05, 0) is 68.5 Å². The molecule has 0 amide bonds. The van der Waals surface area contributed by atoms with Crippen molar-refractivity contribution < 1.29 is 17.9 Å². The highest BCUT2D eigenvalue weighted by Crippen LogP contribution is 2.57. The van der Waals surface area contributed by atoms with Gasteiger partial charge in [0.05, 0.1) is 25.3 Å². The van der Waals surface area contributed by atoms with Crippen molar-refractivity contribution in [3.63, 3.8) is 0 Å². The maximum Gasteiger partial charge on any atom is 0.391 e. The number of nitrogens with zero attached hydrogens (tertiary/aromatic N) is 6. The van der Waals surface area contributed by atoms with Crippen LogP contribution < -0.4 is 9.64 Å². The molecular formula is C28H30ClF3N6O. The van der Waals surface area contributed by atoms with E-state index in [0.29, 0.717) is 18.1 Å². The van der Waals surface area contributed by atoms with Gasteiger partial charge in [0.15, 0.2) is 17.4 Å². The fraction of sp³-hybridized carbons (Fsp3) is 0.536. The first-order valence-electron chi connectivity index (χ1n) is 13.4. The van der Waals surface area contributed by atoms with E-state index in [2.05, 4.69) is 24.6 Å². The van der Waals surface area contributed by atoms with E-state index in [-0.39, 0.29) is 30.2 Å². The molecule has 206 valence electrons. The van der Waals surface area contributed by atoms with E-state index in [1.54, 1.807) is 7.11 Å². The number of aryl methyl sites for hydroxylation is 1. The molecule has 0 unspecified atom stereocenters. The number of benzene rings is 1. The lowest BCUT2D eigenvalue weighted by Crippen LogP contribution is -2.62. The molecule has 1 spiro atoms. The summed E-state index contributed by atoms with van der Waals surface area (Å²) in [6.45, 7) is 4.86. The highest BCUT2D eigenvalue weighted by atomic mass is 35.5. The van der Waals surface area contributed by atoms with E-state index >= 15 is 0 Å². The number of methoxy groups -OCH3 is 1. The molecule has 2 aliphatic heterocycles. The van der Waals surface area contributed by atoms with Gasteiger partial charge in [0.25, 0.3) is 0 Å². The second kappa shape index (κ2) is 8.83. The minimum absolute atomic E-state index is 0.128. The normalized spacial score (nSPS) is 24.3. The Kier molecular flexibility index (Phi) is 5.69. The average Bonchev–Trinajstić information content (AvgIpc) is 3.11. The van der Waals surface area contributed by atoms with Crippen molar-refractivity contribution in [2.45, 2.75) is 63.8 Å². The Labute approximate surface area is 229 Å². The largest absolute Gasteiger partial charge is 0.493 e. The molecule has 3 fully saturated rings. The molecule has 7 nitrogen and oxygen atoms in total. The molecule has 3 aromatic rings. The quantitative estimate of drug-likeness (QED) is 0.411. The van der Waals surface area contributed by atoms with Gasteiger partial charge in [0.2, 0.25) is 0 Å². The molecule has 1 saturated heterocycles. The molecule has 7 rings (SSSR count). The van der Waals surface area contributed by atoms with Crippen LogP contribution in [-0.2, 0) is 13.1 Å². The zero-order valence-corrected chi connectivity index (χ0v) is 22.6.